The molecule has 2 rings (SSSR count). The van der Waals surface area contributed by atoms with Crippen molar-refractivity contribution in [3.8, 4) is 0 Å². The zero-order valence-electron chi connectivity index (χ0n) is 11.4. The first-order valence-corrected chi connectivity index (χ1v) is 6.65. The molecule has 1 fully saturated rings. The van der Waals surface area contributed by atoms with Crippen LogP contribution >= 0.6 is 0 Å². The van der Waals surface area contributed by atoms with E-state index in [9.17, 15) is 0 Å². The summed E-state index contributed by atoms with van der Waals surface area (Å²) in [6.45, 7) is 8.61. The summed E-state index contributed by atoms with van der Waals surface area (Å²) in [6.07, 6.45) is 4.54. The Bertz CT molecular complexity index is 396. The van der Waals surface area contributed by atoms with E-state index in [-0.39, 0.29) is 5.54 Å². The molecule has 0 spiro atoms. The van der Waals surface area contributed by atoms with Crippen LogP contribution in [0, 0.1) is 12.8 Å². The first-order chi connectivity index (χ1) is 7.94. The molecule has 1 aromatic heterocycles. The zero-order chi connectivity index (χ0) is 12.6. The van der Waals surface area contributed by atoms with E-state index in [0.717, 1.165) is 24.5 Å². The predicted octanol–water partition coefficient (Wildman–Crippen LogP) is 2.53. The fourth-order valence-electron chi connectivity index (χ4n) is 3.12. The van der Waals surface area contributed by atoms with Crippen LogP contribution in [0.15, 0.2) is 0 Å². The van der Waals surface area contributed by atoms with Crippen LogP contribution in [0.1, 0.15) is 64.1 Å². The molecule has 96 valence electrons. The number of nitrogens with zero attached hydrogens (tertiary/aromatic N) is 3. The average Bonchev–Trinajstić information content (AvgIpc) is 2.60. The summed E-state index contributed by atoms with van der Waals surface area (Å²) < 4.78 is 2.19. The van der Waals surface area contributed by atoms with Crippen molar-refractivity contribution in [2.45, 2.75) is 65.0 Å². The van der Waals surface area contributed by atoms with Crippen molar-refractivity contribution in [1.29, 1.82) is 0 Å². The molecule has 4 heteroatoms. The van der Waals surface area contributed by atoms with E-state index in [1.54, 1.807) is 0 Å². The zero-order valence-corrected chi connectivity index (χ0v) is 11.4. The molecule has 0 saturated heterocycles. The minimum absolute atomic E-state index is 0.275. The molecule has 0 aromatic carbocycles. The molecule has 4 nitrogen and oxygen atoms in total. The van der Waals surface area contributed by atoms with Gasteiger partial charge in [-0.25, -0.2) is 0 Å². The number of nitrogens with two attached hydrogens (primary N) is 1. The first kappa shape index (κ1) is 12.6. The molecule has 0 aliphatic heterocycles. The van der Waals surface area contributed by atoms with E-state index in [2.05, 4.69) is 35.5 Å². The van der Waals surface area contributed by atoms with Crippen LogP contribution in [-0.4, -0.2) is 14.8 Å². The van der Waals surface area contributed by atoms with Crippen molar-refractivity contribution in [2.75, 3.05) is 0 Å². The van der Waals surface area contributed by atoms with Gasteiger partial charge in [-0.1, -0.05) is 19.8 Å². The smallest absolute Gasteiger partial charge is 0.153 e. The van der Waals surface area contributed by atoms with E-state index in [4.69, 9.17) is 5.73 Å². The van der Waals surface area contributed by atoms with Crippen LogP contribution in [0.4, 0.5) is 0 Å². The van der Waals surface area contributed by atoms with Crippen LogP contribution in [0.5, 0.6) is 0 Å². The third-order valence-electron chi connectivity index (χ3n) is 3.86. The minimum Gasteiger partial charge on any atom is -0.319 e. The molecule has 1 saturated carbocycles. The molecular weight excluding hydrogens is 212 g/mol. The second-order valence-corrected chi connectivity index (χ2v) is 5.89. The maximum absolute atomic E-state index is 6.60. The summed E-state index contributed by atoms with van der Waals surface area (Å²) in [5.74, 6) is 2.64. The Kier molecular flexibility index (Phi) is 3.25. The highest BCUT2D eigenvalue weighted by atomic mass is 15.3. The largest absolute Gasteiger partial charge is 0.319 e. The molecule has 1 aliphatic carbocycles. The molecule has 0 bridgehead atoms. The molecule has 1 aromatic rings. The van der Waals surface area contributed by atoms with E-state index >= 15 is 0 Å². The highest BCUT2D eigenvalue weighted by Crippen LogP contribution is 2.37. The standard InChI is InChI=1S/C13H24N4/c1-9(2)17-11(4)15-16-12(17)13(14)7-5-6-10(3)8-13/h9-10H,5-8,14H2,1-4H3. The van der Waals surface area contributed by atoms with Crippen molar-refractivity contribution < 1.29 is 0 Å². The Hall–Kier alpha value is -0.900. The number of aromatic nitrogens is 3. The fraction of sp³-hybridized carbons (Fsp3) is 0.846. The molecule has 2 atom stereocenters. The van der Waals surface area contributed by atoms with Crippen LogP contribution in [0.25, 0.3) is 0 Å². The maximum atomic E-state index is 6.60. The average molecular weight is 236 g/mol. The van der Waals surface area contributed by atoms with E-state index < -0.39 is 0 Å². The fourth-order valence-corrected chi connectivity index (χ4v) is 3.12. The monoisotopic (exact) mass is 236 g/mol. The molecule has 0 amide bonds. The summed E-state index contributed by atoms with van der Waals surface area (Å²) in [7, 11) is 0. The molecule has 2 N–H and O–H groups in total. The quantitative estimate of drug-likeness (QED) is 0.858. The van der Waals surface area contributed by atoms with Gasteiger partial charge in [0.05, 0.1) is 5.54 Å². The van der Waals surface area contributed by atoms with Gasteiger partial charge >= 0.3 is 0 Å². The number of aryl methyl sites for hydroxylation is 1. The van der Waals surface area contributed by atoms with Gasteiger partial charge in [-0.3, -0.25) is 0 Å². The third-order valence-corrected chi connectivity index (χ3v) is 3.86. The highest BCUT2D eigenvalue weighted by Gasteiger charge is 2.37. The van der Waals surface area contributed by atoms with E-state index in [1.807, 2.05) is 6.92 Å². The van der Waals surface area contributed by atoms with Crippen LogP contribution in [0.3, 0.4) is 0 Å². The number of hydrogen-bond donors (Lipinski definition) is 1. The Morgan fingerprint density at radius 3 is 2.71 bits per heavy atom. The second-order valence-electron chi connectivity index (χ2n) is 5.89. The lowest BCUT2D eigenvalue weighted by atomic mass is 9.76. The summed E-state index contributed by atoms with van der Waals surface area (Å²) in [5.41, 5.74) is 6.32. The van der Waals surface area contributed by atoms with Gasteiger partial charge in [-0.2, -0.15) is 0 Å². The lowest BCUT2D eigenvalue weighted by molar-refractivity contribution is 0.219. The van der Waals surface area contributed by atoms with Crippen molar-refractivity contribution in [2.24, 2.45) is 11.7 Å². The van der Waals surface area contributed by atoms with Gasteiger partial charge in [0.1, 0.15) is 5.82 Å². The van der Waals surface area contributed by atoms with Gasteiger partial charge in [0, 0.05) is 6.04 Å². The molecule has 1 heterocycles. The number of hydrogen-bond acceptors (Lipinski definition) is 3. The van der Waals surface area contributed by atoms with Gasteiger partial charge in [-0.15, -0.1) is 10.2 Å². The summed E-state index contributed by atoms with van der Waals surface area (Å²) in [6, 6.07) is 0.373. The topological polar surface area (TPSA) is 56.7 Å². The summed E-state index contributed by atoms with van der Waals surface area (Å²) in [4.78, 5) is 0. The van der Waals surface area contributed by atoms with Crippen molar-refractivity contribution in [3.63, 3.8) is 0 Å². The van der Waals surface area contributed by atoms with Crippen molar-refractivity contribution in [3.05, 3.63) is 11.6 Å². The van der Waals surface area contributed by atoms with Gasteiger partial charge in [0.25, 0.3) is 0 Å². The van der Waals surface area contributed by atoms with Crippen LogP contribution in [-0.2, 0) is 5.54 Å². The lowest BCUT2D eigenvalue weighted by Gasteiger charge is -2.36. The Morgan fingerprint density at radius 2 is 2.12 bits per heavy atom. The molecule has 2 unspecified atom stereocenters. The minimum atomic E-state index is -0.275. The van der Waals surface area contributed by atoms with E-state index in [0.29, 0.717) is 12.0 Å². The maximum Gasteiger partial charge on any atom is 0.153 e. The number of rotatable bonds is 2. The predicted molar refractivity (Wildman–Crippen MR) is 68.6 cm³/mol. The first-order valence-electron chi connectivity index (χ1n) is 6.65. The summed E-state index contributed by atoms with van der Waals surface area (Å²) >= 11 is 0. The Morgan fingerprint density at radius 1 is 1.41 bits per heavy atom. The molecular formula is C13H24N4. The lowest BCUT2D eigenvalue weighted by Crippen LogP contribution is -2.43. The van der Waals surface area contributed by atoms with Crippen LogP contribution < -0.4 is 5.73 Å². The van der Waals surface area contributed by atoms with Gasteiger partial charge in [0.15, 0.2) is 5.82 Å². The van der Waals surface area contributed by atoms with Crippen molar-refractivity contribution >= 4 is 0 Å². The SMILES string of the molecule is Cc1nnc(C2(N)CCCC(C)C2)n1C(C)C. The Balaban J connectivity index is 2.38. The third kappa shape index (κ3) is 2.23. The molecule has 17 heavy (non-hydrogen) atoms. The van der Waals surface area contributed by atoms with Crippen LogP contribution in [0.2, 0.25) is 0 Å². The normalized spacial score (nSPS) is 29.9. The van der Waals surface area contributed by atoms with Crippen molar-refractivity contribution in [1.82, 2.24) is 14.8 Å². The van der Waals surface area contributed by atoms with E-state index in [1.165, 1.54) is 12.8 Å². The summed E-state index contributed by atoms with van der Waals surface area (Å²) in [5, 5.41) is 8.57. The van der Waals surface area contributed by atoms with Gasteiger partial charge in [0.2, 0.25) is 0 Å². The van der Waals surface area contributed by atoms with Gasteiger partial charge in [-0.05, 0) is 39.5 Å². The Labute approximate surface area is 104 Å². The van der Waals surface area contributed by atoms with Gasteiger partial charge < -0.3 is 10.3 Å². The molecule has 1 aliphatic rings. The highest BCUT2D eigenvalue weighted by molar-refractivity contribution is 5.11. The second kappa shape index (κ2) is 4.41. The molecule has 0 radical (unpaired) electrons.